The third kappa shape index (κ3) is 3.26. The lowest BCUT2D eigenvalue weighted by atomic mass is 10.1. The van der Waals surface area contributed by atoms with E-state index in [0.29, 0.717) is 0 Å². The van der Waals surface area contributed by atoms with Crippen molar-refractivity contribution in [2.45, 2.75) is 0 Å². The van der Waals surface area contributed by atoms with Crippen LogP contribution in [0.15, 0.2) is 54.0 Å². The van der Waals surface area contributed by atoms with E-state index in [9.17, 15) is 0 Å². The first-order chi connectivity index (χ1) is 9.76. The lowest BCUT2D eigenvalue weighted by molar-refractivity contribution is 0.414. The van der Waals surface area contributed by atoms with Crippen LogP contribution in [-0.4, -0.2) is 20.4 Å². The molecule has 0 aromatic heterocycles. The first kappa shape index (κ1) is 13.9. The second-order valence-electron chi connectivity index (χ2n) is 4.16. The van der Waals surface area contributed by atoms with Crippen LogP contribution in [0.2, 0.25) is 0 Å². The summed E-state index contributed by atoms with van der Waals surface area (Å²) in [6, 6.07) is 13.4. The van der Waals surface area contributed by atoms with Crippen LogP contribution < -0.4 is 9.47 Å². The topological polar surface area (TPSA) is 30.8 Å². The highest BCUT2D eigenvalue weighted by Crippen LogP contribution is 2.20. The minimum Gasteiger partial charge on any atom is -0.497 e. The first-order valence-corrected chi connectivity index (χ1v) is 6.25. The summed E-state index contributed by atoms with van der Waals surface area (Å²) in [6.07, 6.45) is 3.61. The van der Waals surface area contributed by atoms with E-state index in [1.165, 1.54) is 0 Å². The van der Waals surface area contributed by atoms with Gasteiger partial charge in [-0.05, 0) is 48.0 Å². The Balaban J connectivity index is 2.23. The molecule has 2 aromatic rings. The van der Waals surface area contributed by atoms with Crippen LogP contribution in [0.5, 0.6) is 11.5 Å². The maximum absolute atomic E-state index is 5.19. The van der Waals surface area contributed by atoms with Gasteiger partial charge in [0.25, 0.3) is 0 Å². The summed E-state index contributed by atoms with van der Waals surface area (Å²) >= 11 is 0. The van der Waals surface area contributed by atoms with Gasteiger partial charge in [-0.15, -0.1) is 0 Å². The Bertz CT molecular complexity index is 615. The Kier molecular flexibility index (Phi) is 4.56. The van der Waals surface area contributed by atoms with Crippen LogP contribution in [0, 0.1) is 0 Å². The number of hydrogen-bond donors (Lipinski definition) is 0. The highest BCUT2D eigenvalue weighted by atomic mass is 16.5. The molecule has 0 aliphatic carbocycles. The summed E-state index contributed by atoms with van der Waals surface area (Å²) in [5.41, 5.74) is 2.86. The number of benzene rings is 2. The molecule has 3 nitrogen and oxygen atoms in total. The standard InChI is InChI=1S/C17H17NO2/c1-4-13-11-17(20-3)8-5-14(13)12-18-15-6-9-16(19-2)10-7-15/h4-12H,1H2,2-3H3. The molecule has 0 heterocycles. The molecule has 0 radical (unpaired) electrons. The first-order valence-electron chi connectivity index (χ1n) is 6.25. The molecule has 0 aliphatic heterocycles. The number of nitrogens with zero attached hydrogens (tertiary/aromatic N) is 1. The maximum atomic E-state index is 5.19. The van der Waals surface area contributed by atoms with Crippen LogP contribution in [0.1, 0.15) is 11.1 Å². The van der Waals surface area contributed by atoms with Crippen molar-refractivity contribution in [2.24, 2.45) is 4.99 Å². The summed E-state index contributed by atoms with van der Waals surface area (Å²) in [5.74, 6) is 1.63. The molecule has 0 atom stereocenters. The van der Waals surface area contributed by atoms with E-state index < -0.39 is 0 Å². The molecule has 0 saturated heterocycles. The van der Waals surface area contributed by atoms with Gasteiger partial charge in [0.05, 0.1) is 19.9 Å². The monoisotopic (exact) mass is 267 g/mol. The van der Waals surface area contributed by atoms with Gasteiger partial charge in [-0.2, -0.15) is 0 Å². The summed E-state index contributed by atoms with van der Waals surface area (Å²) in [4.78, 5) is 4.45. The predicted molar refractivity (Wildman–Crippen MR) is 83.3 cm³/mol. The Morgan fingerprint density at radius 1 is 0.900 bits per heavy atom. The Morgan fingerprint density at radius 2 is 1.55 bits per heavy atom. The fourth-order valence-corrected chi connectivity index (χ4v) is 1.79. The quantitative estimate of drug-likeness (QED) is 0.764. The third-order valence-electron chi connectivity index (χ3n) is 2.94. The Labute approximate surface area is 119 Å². The zero-order valence-corrected chi connectivity index (χ0v) is 11.7. The molecule has 0 spiro atoms. The van der Waals surface area contributed by atoms with Gasteiger partial charge < -0.3 is 9.47 Å². The van der Waals surface area contributed by atoms with E-state index in [-0.39, 0.29) is 0 Å². The number of methoxy groups -OCH3 is 2. The highest BCUT2D eigenvalue weighted by molar-refractivity contribution is 5.87. The predicted octanol–water partition coefficient (Wildman–Crippen LogP) is 4.10. The highest BCUT2D eigenvalue weighted by Gasteiger charge is 1.99. The maximum Gasteiger partial charge on any atom is 0.119 e. The van der Waals surface area contributed by atoms with Crippen LogP contribution in [0.4, 0.5) is 5.69 Å². The van der Waals surface area contributed by atoms with Crippen LogP contribution >= 0.6 is 0 Å². The van der Waals surface area contributed by atoms with E-state index in [0.717, 1.165) is 28.3 Å². The largest absolute Gasteiger partial charge is 0.497 e. The fourth-order valence-electron chi connectivity index (χ4n) is 1.79. The van der Waals surface area contributed by atoms with E-state index in [1.54, 1.807) is 20.3 Å². The Hall–Kier alpha value is -2.55. The van der Waals surface area contributed by atoms with Gasteiger partial charge in [-0.25, -0.2) is 0 Å². The number of ether oxygens (including phenoxy) is 2. The molecular weight excluding hydrogens is 250 g/mol. The van der Waals surface area contributed by atoms with Crippen molar-refractivity contribution in [1.29, 1.82) is 0 Å². The van der Waals surface area contributed by atoms with E-state index in [1.807, 2.05) is 48.7 Å². The second kappa shape index (κ2) is 6.57. The van der Waals surface area contributed by atoms with E-state index in [4.69, 9.17) is 9.47 Å². The SMILES string of the molecule is C=Cc1cc(OC)ccc1C=Nc1ccc(OC)cc1. The lowest BCUT2D eigenvalue weighted by Crippen LogP contribution is -1.89. The minimum atomic E-state index is 0.807. The molecular formula is C17H17NO2. The van der Waals surface area contributed by atoms with E-state index in [2.05, 4.69) is 11.6 Å². The third-order valence-corrected chi connectivity index (χ3v) is 2.94. The summed E-state index contributed by atoms with van der Waals surface area (Å²) in [6.45, 7) is 3.81. The second-order valence-corrected chi connectivity index (χ2v) is 4.16. The van der Waals surface area contributed by atoms with Gasteiger partial charge in [0.2, 0.25) is 0 Å². The number of hydrogen-bond acceptors (Lipinski definition) is 3. The van der Waals surface area contributed by atoms with Crippen molar-refractivity contribution >= 4 is 18.0 Å². The van der Waals surface area contributed by atoms with Gasteiger partial charge in [0.15, 0.2) is 0 Å². The zero-order valence-electron chi connectivity index (χ0n) is 11.7. The molecule has 102 valence electrons. The fraction of sp³-hybridized carbons (Fsp3) is 0.118. The van der Waals surface area contributed by atoms with Crippen molar-refractivity contribution < 1.29 is 9.47 Å². The molecule has 0 unspecified atom stereocenters. The van der Waals surface area contributed by atoms with Crippen LogP contribution in [0.3, 0.4) is 0 Å². The average molecular weight is 267 g/mol. The van der Waals surface area contributed by atoms with Crippen LogP contribution in [-0.2, 0) is 0 Å². The van der Waals surface area contributed by atoms with Crippen molar-refractivity contribution in [3.05, 3.63) is 60.2 Å². The average Bonchev–Trinajstić information content (AvgIpc) is 2.53. The molecule has 0 saturated carbocycles. The smallest absolute Gasteiger partial charge is 0.119 e. The summed E-state index contributed by atoms with van der Waals surface area (Å²) in [5, 5.41) is 0. The minimum absolute atomic E-state index is 0.807. The van der Waals surface area contributed by atoms with Gasteiger partial charge in [-0.1, -0.05) is 12.7 Å². The van der Waals surface area contributed by atoms with Crippen LogP contribution in [0.25, 0.3) is 6.08 Å². The molecule has 0 bridgehead atoms. The van der Waals surface area contributed by atoms with Crippen molar-refractivity contribution in [2.75, 3.05) is 14.2 Å². The summed E-state index contributed by atoms with van der Waals surface area (Å²) < 4.78 is 10.3. The van der Waals surface area contributed by atoms with Crippen molar-refractivity contribution in [1.82, 2.24) is 0 Å². The molecule has 2 aromatic carbocycles. The van der Waals surface area contributed by atoms with Gasteiger partial charge in [0, 0.05) is 11.8 Å². The van der Waals surface area contributed by atoms with Gasteiger partial charge in [0.1, 0.15) is 11.5 Å². The molecule has 0 amide bonds. The van der Waals surface area contributed by atoms with Crippen molar-refractivity contribution in [3.63, 3.8) is 0 Å². The Morgan fingerprint density at radius 3 is 2.15 bits per heavy atom. The van der Waals surface area contributed by atoms with Gasteiger partial charge in [-0.3, -0.25) is 4.99 Å². The van der Waals surface area contributed by atoms with Crippen molar-refractivity contribution in [3.8, 4) is 11.5 Å². The molecule has 0 aliphatic rings. The van der Waals surface area contributed by atoms with Gasteiger partial charge >= 0.3 is 0 Å². The molecule has 2 rings (SSSR count). The van der Waals surface area contributed by atoms with E-state index >= 15 is 0 Å². The summed E-state index contributed by atoms with van der Waals surface area (Å²) in [7, 11) is 3.29. The molecule has 3 heteroatoms. The molecule has 20 heavy (non-hydrogen) atoms. The number of aliphatic imine (C=N–C) groups is 1. The molecule has 0 N–H and O–H groups in total. The molecule has 0 fully saturated rings. The lowest BCUT2D eigenvalue weighted by Gasteiger charge is -2.04. The number of rotatable bonds is 5. The zero-order chi connectivity index (χ0) is 14.4. The normalized spacial score (nSPS) is 10.5.